The predicted octanol–water partition coefficient (Wildman–Crippen LogP) is 5.58. The van der Waals surface area contributed by atoms with Crippen LogP contribution >= 0.6 is 23.2 Å². The summed E-state index contributed by atoms with van der Waals surface area (Å²) in [5.74, 6) is -1.03. The van der Waals surface area contributed by atoms with Crippen LogP contribution < -0.4 is 20.1 Å². The topological polar surface area (TPSA) is 76.7 Å². The molecule has 1 atom stereocenters. The molecule has 0 aromatic heterocycles. The average Bonchev–Trinajstić information content (AvgIpc) is 2.78. The summed E-state index contributed by atoms with van der Waals surface area (Å²) in [5.41, 5.74) is 1.39. The summed E-state index contributed by atoms with van der Waals surface area (Å²) in [6.07, 6.45) is 0.483. The summed E-state index contributed by atoms with van der Waals surface area (Å²) in [5, 5.41) is 6.20. The van der Waals surface area contributed by atoms with Gasteiger partial charge in [0, 0.05) is 15.7 Å². The number of benzene rings is 3. The molecular formula is C24H19Cl2FN2O4. The molecule has 170 valence electrons. The lowest BCUT2D eigenvalue weighted by Crippen LogP contribution is -2.32. The van der Waals surface area contributed by atoms with Gasteiger partial charge >= 0.3 is 0 Å². The van der Waals surface area contributed by atoms with Crippen LogP contribution in [0.1, 0.15) is 15.9 Å². The Morgan fingerprint density at radius 3 is 2.55 bits per heavy atom. The molecule has 33 heavy (non-hydrogen) atoms. The van der Waals surface area contributed by atoms with E-state index in [4.69, 9.17) is 32.7 Å². The molecular weight excluding hydrogens is 470 g/mol. The lowest BCUT2D eigenvalue weighted by molar-refractivity contribution is -0.121. The molecule has 2 N–H and O–H groups in total. The molecule has 1 aliphatic heterocycles. The Hall–Kier alpha value is -3.29. The van der Waals surface area contributed by atoms with Gasteiger partial charge in [-0.2, -0.15) is 0 Å². The maximum absolute atomic E-state index is 14.1. The lowest BCUT2D eigenvalue weighted by Gasteiger charge is -2.25. The number of halogens is 3. The second-order valence-electron chi connectivity index (χ2n) is 7.45. The highest BCUT2D eigenvalue weighted by Gasteiger charge is 2.26. The Morgan fingerprint density at radius 2 is 1.79 bits per heavy atom. The Morgan fingerprint density at radius 1 is 1.03 bits per heavy atom. The third-order valence-corrected chi connectivity index (χ3v) is 5.66. The van der Waals surface area contributed by atoms with Crippen LogP contribution in [0.25, 0.3) is 0 Å². The van der Waals surface area contributed by atoms with Crippen LogP contribution in [-0.2, 0) is 11.2 Å². The number of anilines is 2. The van der Waals surface area contributed by atoms with Crippen molar-refractivity contribution in [3.8, 4) is 11.5 Å². The number of carbonyl (C=O) groups excluding carboxylic acids is 2. The molecule has 0 bridgehead atoms. The van der Waals surface area contributed by atoms with Crippen LogP contribution in [0, 0.1) is 11.7 Å². The first-order valence-corrected chi connectivity index (χ1v) is 10.8. The van der Waals surface area contributed by atoms with Crippen molar-refractivity contribution in [2.45, 2.75) is 6.42 Å². The van der Waals surface area contributed by atoms with Gasteiger partial charge in [0.1, 0.15) is 23.9 Å². The van der Waals surface area contributed by atoms with Crippen molar-refractivity contribution < 1.29 is 23.5 Å². The average molecular weight is 489 g/mol. The second kappa shape index (κ2) is 9.68. The summed E-state index contributed by atoms with van der Waals surface area (Å²) in [6, 6.07) is 13.9. The Balaban J connectivity index is 1.49. The van der Waals surface area contributed by atoms with Gasteiger partial charge in [0.05, 0.1) is 24.3 Å². The van der Waals surface area contributed by atoms with E-state index in [9.17, 15) is 14.0 Å². The van der Waals surface area contributed by atoms with E-state index in [1.165, 1.54) is 25.3 Å². The zero-order chi connectivity index (χ0) is 23.5. The molecule has 3 aromatic rings. The number of carbonyl (C=O) groups is 2. The number of rotatable bonds is 5. The monoisotopic (exact) mass is 488 g/mol. The van der Waals surface area contributed by atoms with Crippen molar-refractivity contribution in [2.24, 2.45) is 5.92 Å². The summed E-state index contributed by atoms with van der Waals surface area (Å²) < 4.78 is 25.1. The number of amides is 2. The van der Waals surface area contributed by atoms with Gasteiger partial charge in [-0.3, -0.25) is 9.59 Å². The summed E-state index contributed by atoms with van der Waals surface area (Å²) in [4.78, 5) is 25.4. The van der Waals surface area contributed by atoms with E-state index in [0.29, 0.717) is 28.6 Å². The van der Waals surface area contributed by atoms with Crippen LogP contribution in [0.4, 0.5) is 15.8 Å². The molecule has 1 aliphatic rings. The molecule has 6 nitrogen and oxygen atoms in total. The molecule has 2 amide bonds. The van der Waals surface area contributed by atoms with Crippen molar-refractivity contribution >= 4 is 46.4 Å². The largest absolute Gasteiger partial charge is 0.495 e. The van der Waals surface area contributed by atoms with Crippen LogP contribution in [0.5, 0.6) is 11.5 Å². The summed E-state index contributed by atoms with van der Waals surface area (Å²) >= 11 is 11.8. The van der Waals surface area contributed by atoms with Gasteiger partial charge in [-0.05, 0) is 66.6 Å². The third kappa shape index (κ3) is 5.21. The number of methoxy groups -OCH3 is 1. The maximum atomic E-state index is 14.1. The summed E-state index contributed by atoms with van der Waals surface area (Å²) in [6.45, 7) is 0.232. The fraction of sp³-hybridized carbons (Fsp3) is 0.167. The van der Waals surface area contributed by atoms with Crippen LogP contribution in [0.3, 0.4) is 0 Å². The number of ether oxygens (including phenoxy) is 2. The standard InChI is InChI=1S/C24H19Cl2FN2O4/c1-32-22-7-4-17(11-20(22)29-24(31)18-5-2-16(26)10-19(18)27)28-23(30)14-8-13-9-15(25)3-6-21(13)33-12-14/h2-7,9-11,14H,8,12H2,1H3,(H,28,30)(H,29,31). The zero-order valence-electron chi connectivity index (χ0n) is 17.5. The minimum atomic E-state index is -0.749. The molecule has 9 heteroatoms. The van der Waals surface area contributed by atoms with E-state index in [2.05, 4.69) is 10.6 Å². The molecule has 0 aliphatic carbocycles. The first-order chi connectivity index (χ1) is 15.8. The minimum Gasteiger partial charge on any atom is -0.495 e. The van der Waals surface area contributed by atoms with Crippen molar-refractivity contribution in [3.63, 3.8) is 0 Å². The Labute approximate surface area is 199 Å². The molecule has 0 fully saturated rings. The molecule has 1 unspecified atom stereocenters. The Bertz CT molecular complexity index is 1240. The van der Waals surface area contributed by atoms with E-state index in [0.717, 1.165) is 11.6 Å². The molecule has 4 rings (SSSR count). The van der Waals surface area contributed by atoms with Gasteiger partial charge in [-0.25, -0.2) is 4.39 Å². The van der Waals surface area contributed by atoms with Crippen molar-refractivity contribution in [2.75, 3.05) is 24.4 Å². The van der Waals surface area contributed by atoms with E-state index in [1.807, 2.05) is 0 Å². The van der Waals surface area contributed by atoms with Crippen molar-refractivity contribution in [3.05, 3.63) is 81.6 Å². The molecule has 0 saturated heterocycles. The number of fused-ring (bicyclic) bond motifs is 1. The van der Waals surface area contributed by atoms with Gasteiger partial charge in [0.15, 0.2) is 0 Å². The van der Waals surface area contributed by atoms with Gasteiger partial charge in [0.25, 0.3) is 5.91 Å². The van der Waals surface area contributed by atoms with Crippen LogP contribution in [-0.4, -0.2) is 25.5 Å². The third-order valence-electron chi connectivity index (χ3n) is 5.19. The second-order valence-corrected chi connectivity index (χ2v) is 8.32. The fourth-order valence-corrected chi connectivity index (χ4v) is 3.88. The lowest BCUT2D eigenvalue weighted by atomic mass is 9.96. The van der Waals surface area contributed by atoms with E-state index >= 15 is 0 Å². The van der Waals surface area contributed by atoms with Crippen molar-refractivity contribution in [1.82, 2.24) is 0 Å². The molecule has 0 radical (unpaired) electrons. The Kier molecular flexibility index (Phi) is 6.72. The van der Waals surface area contributed by atoms with Crippen LogP contribution in [0.2, 0.25) is 10.0 Å². The van der Waals surface area contributed by atoms with E-state index < -0.39 is 17.6 Å². The predicted molar refractivity (Wildman–Crippen MR) is 125 cm³/mol. The van der Waals surface area contributed by atoms with Crippen molar-refractivity contribution in [1.29, 1.82) is 0 Å². The molecule has 1 heterocycles. The van der Waals surface area contributed by atoms with E-state index in [-0.39, 0.29) is 28.8 Å². The maximum Gasteiger partial charge on any atom is 0.258 e. The van der Waals surface area contributed by atoms with Crippen LogP contribution in [0.15, 0.2) is 54.6 Å². The van der Waals surface area contributed by atoms with Gasteiger partial charge in [-0.15, -0.1) is 0 Å². The molecule has 0 spiro atoms. The van der Waals surface area contributed by atoms with E-state index in [1.54, 1.807) is 30.3 Å². The number of nitrogens with one attached hydrogen (secondary N) is 2. The number of hydrogen-bond acceptors (Lipinski definition) is 4. The van der Waals surface area contributed by atoms with Gasteiger partial charge < -0.3 is 20.1 Å². The molecule has 0 saturated carbocycles. The smallest absolute Gasteiger partial charge is 0.258 e. The minimum absolute atomic E-state index is 0.174. The highest BCUT2D eigenvalue weighted by Crippen LogP contribution is 2.32. The summed E-state index contributed by atoms with van der Waals surface area (Å²) in [7, 11) is 1.44. The quantitative estimate of drug-likeness (QED) is 0.491. The highest BCUT2D eigenvalue weighted by atomic mass is 35.5. The number of hydrogen-bond donors (Lipinski definition) is 2. The SMILES string of the molecule is COc1ccc(NC(=O)C2COc3ccc(Cl)cc3C2)cc1NC(=O)c1ccc(Cl)cc1F. The first-order valence-electron chi connectivity index (χ1n) is 10.0. The highest BCUT2D eigenvalue weighted by molar-refractivity contribution is 6.31. The first kappa shape index (κ1) is 22.9. The van der Waals surface area contributed by atoms with Gasteiger partial charge in [0.2, 0.25) is 5.91 Å². The zero-order valence-corrected chi connectivity index (χ0v) is 19.0. The fourth-order valence-electron chi connectivity index (χ4n) is 3.52. The molecule has 3 aromatic carbocycles. The van der Waals surface area contributed by atoms with Gasteiger partial charge in [-0.1, -0.05) is 23.2 Å². The normalized spacial score (nSPS) is 14.6.